The van der Waals surface area contributed by atoms with Crippen LogP contribution >= 0.6 is 0 Å². The summed E-state index contributed by atoms with van der Waals surface area (Å²) in [6.45, 7) is 22.3. The summed E-state index contributed by atoms with van der Waals surface area (Å²) < 4.78 is 42.0. The second-order valence-electron chi connectivity index (χ2n) is 19.5. The summed E-state index contributed by atoms with van der Waals surface area (Å²) in [6, 6.07) is 2.15. The van der Waals surface area contributed by atoms with Gasteiger partial charge in [-0.05, 0) is 124 Å². The zero-order valence-corrected chi connectivity index (χ0v) is 35.9. The molecule has 0 spiro atoms. The minimum absolute atomic E-state index is 0.00838. The summed E-state index contributed by atoms with van der Waals surface area (Å²) in [7, 11) is 0.935. The molecule has 15 nitrogen and oxygen atoms in total. The molecule has 2 N–H and O–H groups in total. The smallest absolute Gasteiger partial charge is 0.486 e. The molecule has 16 heteroatoms. The van der Waals surface area contributed by atoms with Crippen LogP contribution in [0.1, 0.15) is 118 Å². The number of benzene rings is 1. The highest BCUT2D eigenvalue weighted by molar-refractivity contribution is 6.45. The van der Waals surface area contributed by atoms with Gasteiger partial charge >= 0.3 is 25.3 Å². The van der Waals surface area contributed by atoms with Crippen LogP contribution in [0.25, 0.3) is 0 Å². The van der Waals surface area contributed by atoms with E-state index in [0.29, 0.717) is 30.1 Å². The van der Waals surface area contributed by atoms with Crippen LogP contribution in [0.4, 0.5) is 9.59 Å². The van der Waals surface area contributed by atoms with Crippen LogP contribution in [0.5, 0.6) is 11.5 Å². The number of hydrogen-bond donors (Lipinski definition) is 2. The molecule has 0 aromatic heterocycles. The van der Waals surface area contributed by atoms with Crippen LogP contribution in [0.15, 0.2) is 12.1 Å². The summed E-state index contributed by atoms with van der Waals surface area (Å²) >= 11 is 0. The third kappa shape index (κ3) is 10.3. The summed E-state index contributed by atoms with van der Waals surface area (Å²) in [6.07, 6.45) is 0.0513. The fourth-order valence-electron chi connectivity index (χ4n) is 8.27. The molecule has 2 saturated heterocycles. The number of carbonyl (C=O) groups is 5. The van der Waals surface area contributed by atoms with Gasteiger partial charge < -0.3 is 48.5 Å². The Morgan fingerprint density at radius 2 is 1.54 bits per heavy atom. The van der Waals surface area contributed by atoms with Crippen molar-refractivity contribution in [1.82, 2.24) is 15.5 Å². The molecule has 5 aliphatic rings. The number of esters is 1. The molecule has 6 rings (SSSR count). The van der Waals surface area contributed by atoms with Crippen molar-refractivity contribution in [2.75, 3.05) is 20.1 Å². The number of rotatable bonds is 11. The van der Waals surface area contributed by atoms with Gasteiger partial charge in [-0.15, -0.1) is 0 Å². The second kappa shape index (κ2) is 16.0. The van der Waals surface area contributed by atoms with Crippen LogP contribution in [0.3, 0.4) is 0 Å². The topological polar surface area (TPSA) is 177 Å². The molecule has 5 atom stereocenters. The van der Waals surface area contributed by atoms with Crippen molar-refractivity contribution in [3.05, 3.63) is 23.3 Å². The normalized spacial score (nSPS) is 24.5. The minimum atomic E-state index is -1.19. The average molecular weight is 800 g/mol. The van der Waals surface area contributed by atoms with Crippen molar-refractivity contribution in [2.24, 2.45) is 17.3 Å². The first-order chi connectivity index (χ1) is 26.2. The van der Waals surface area contributed by atoms with E-state index in [1.807, 2.05) is 0 Å². The van der Waals surface area contributed by atoms with E-state index in [9.17, 15) is 24.0 Å². The van der Waals surface area contributed by atoms with Crippen molar-refractivity contribution in [2.45, 2.75) is 156 Å². The molecule has 1 aromatic carbocycles. The van der Waals surface area contributed by atoms with Gasteiger partial charge in [0.1, 0.15) is 40.3 Å². The molecule has 0 unspecified atom stereocenters. The van der Waals surface area contributed by atoms with E-state index < -0.39 is 71.7 Å². The van der Waals surface area contributed by atoms with Gasteiger partial charge in [0.05, 0.1) is 31.2 Å². The lowest BCUT2D eigenvalue weighted by Crippen LogP contribution is -2.65. The molecule has 0 radical (unpaired) electrons. The standard InChI is InChI=1S/C41H62BN3O12/c1-37(2,3)53-34(48)31-27(51-25-21-45(22-25)33(47)26(20-30(46)43-13)44-35(49)54-38(4,5)6)15-14-23(32(31)52-36(50)55-39(7,8)9)16-17-42-56-29-19-24-18-28(40(24,10)11)41(29,12)57-42/h14-15,24-26,28-29H,16-22H2,1-13H3,(H,43,46)(H,44,49)/t24-,26+,28-,29+,41-/m0/s1. The molecule has 316 valence electrons. The third-order valence-electron chi connectivity index (χ3n) is 11.1. The number of nitrogens with zero attached hydrogens (tertiary/aromatic N) is 1. The van der Waals surface area contributed by atoms with E-state index in [1.54, 1.807) is 74.4 Å². The minimum Gasteiger partial charge on any atom is -0.486 e. The molecule has 2 heterocycles. The highest BCUT2D eigenvalue weighted by Gasteiger charge is 2.67. The number of alkyl carbamates (subject to hydrolysis) is 1. The van der Waals surface area contributed by atoms with Crippen molar-refractivity contribution >= 4 is 37.2 Å². The van der Waals surface area contributed by atoms with Gasteiger partial charge in [0.25, 0.3) is 0 Å². The highest BCUT2D eigenvalue weighted by atomic mass is 16.7. The summed E-state index contributed by atoms with van der Waals surface area (Å²) in [5, 5.41) is 4.98. The van der Waals surface area contributed by atoms with Crippen molar-refractivity contribution < 1.29 is 57.0 Å². The molecule has 5 fully saturated rings. The van der Waals surface area contributed by atoms with Crippen LogP contribution in [-0.4, -0.2) is 103 Å². The van der Waals surface area contributed by atoms with E-state index in [1.165, 1.54) is 11.9 Å². The first-order valence-electron chi connectivity index (χ1n) is 20.0. The van der Waals surface area contributed by atoms with E-state index in [4.69, 9.17) is 33.0 Å². The lowest BCUT2D eigenvalue weighted by Gasteiger charge is -2.64. The Bertz CT molecular complexity index is 1720. The predicted molar refractivity (Wildman–Crippen MR) is 210 cm³/mol. The summed E-state index contributed by atoms with van der Waals surface area (Å²) in [5.74, 6) is -0.749. The van der Waals surface area contributed by atoms with Gasteiger partial charge in [-0.25, -0.2) is 14.4 Å². The van der Waals surface area contributed by atoms with Crippen molar-refractivity contribution in [3.63, 3.8) is 0 Å². The maximum absolute atomic E-state index is 14.0. The molecule has 3 saturated carbocycles. The maximum Gasteiger partial charge on any atom is 0.514 e. The number of ether oxygens (including phenoxy) is 5. The number of carbonyl (C=O) groups excluding carboxylic acids is 5. The molecule has 1 aromatic rings. The molecule has 3 amide bonds. The van der Waals surface area contributed by atoms with Crippen LogP contribution in [0.2, 0.25) is 6.32 Å². The average Bonchev–Trinajstić information content (AvgIpc) is 3.38. The lowest BCUT2D eigenvalue weighted by molar-refractivity contribution is -0.199. The number of amides is 3. The Morgan fingerprint density at radius 1 is 0.912 bits per heavy atom. The lowest BCUT2D eigenvalue weighted by atomic mass is 9.43. The summed E-state index contributed by atoms with van der Waals surface area (Å²) in [5.41, 5.74) is -2.44. The van der Waals surface area contributed by atoms with Crippen molar-refractivity contribution in [3.8, 4) is 11.5 Å². The molecular weight excluding hydrogens is 737 g/mol. The van der Waals surface area contributed by atoms with Gasteiger partial charge in [0, 0.05) is 7.05 Å². The number of nitrogens with one attached hydrogen (secondary N) is 2. The quantitative estimate of drug-likeness (QED) is 0.118. The monoisotopic (exact) mass is 799 g/mol. The first-order valence-corrected chi connectivity index (χ1v) is 20.0. The van der Waals surface area contributed by atoms with E-state index in [0.717, 1.165) is 12.8 Å². The summed E-state index contributed by atoms with van der Waals surface area (Å²) in [4.78, 5) is 67.1. The van der Waals surface area contributed by atoms with Gasteiger partial charge in [-0.3, -0.25) is 9.59 Å². The second-order valence-corrected chi connectivity index (χ2v) is 19.5. The molecule has 2 aliphatic heterocycles. The Hall–Kier alpha value is -4.05. The highest BCUT2D eigenvalue weighted by Crippen LogP contribution is 2.65. The SMILES string of the molecule is CNC(=O)C[C@@H](NC(=O)OC(C)(C)C)C(=O)N1CC(Oc2ccc(CCB3O[C@@H]4C[C@@H]5C[C@@H](C5(C)C)[C@]4(C)O3)c(OC(=O)OC(C)(C)C)c2C(=O)OC(C)(C)C)C1. The third-order valence-corrected chi connectivity index (χ3v) is 11.1. The van der Waals surface area contributed by atoms with E-state index >= 15 is 0 Å². The van der Waals surface area contributed by atoms with Crippen molar-refractivity contribution in [1.29, 1.82) is 0 Å². The van der Waals surface area contributed by atoms with Gasteiger partial charge in [-0.1, -0.05) is 19.9 Å². The fraction of sp³-hybridized carbons (Fsp3) is 0.732. The van der Waals surface area contributed by atoms with Gasteiger partial charge in [0.2, 0.25) is 11.8 Å². The largest absolute Gasteiger partial charge is 0.514 e. The van der Waals surface area contributed by atoms with Crippen LogP contribution < -0.4 is 20.1 Å². The van der Waals surface area contributed by atoms with E-state index in [2.05, 4.69) is 31.4 Å². The first kappa shape index (κ1) is 44.1. The van der Waals surface area contributed by atoms with Gasteiger partial charge in [0.15, 0.2) is 5.75 Å². The Morgan fingerprint density at radius 3 is 2.12 bits per heavy atom. The molecule has 57 heavy (non-hydrogen) atoms. The maximum atomic E-state index is 14.0. The predicted octanol–water partition coefficient (Wildman–Crippen LogP) is 5.85. The molecule has 2 bridgehead atoms. The van der Waals surface area contributed by atoms with Crippen LogP contribution in [0, 0.1) is 17.3 Å². The van der Waals surface area contributed by atoms with Crippen LogP contribution in [-0.2, 0) is 39.5 Å². The Kier molecular flexibility index (Phi) is 12.3. The Labute approximate surface area is 337 Å². The number of aryl methyl sites for hydroxylation is 1. The number of hydrogen-bond acceptors (Lipinski definition) is 12. The zero-order chi connectivity index (χ0) is 42.5. The number of likely N-dealkylation sites (tertiary alicyclic amines) is 1. The molecule has 3 aliphatic carbocycles. The molecular formula is C41H62BN3O12. The Balaban J connectivity index is 1.38. The zero-order valence-electron chi connectivity index (χ0n) is 35.9. The fourth-order valence-corrected chi connectivity index (χ4v) is 8.27. The van der Waals surface area contributed by atoms with Gasteiger partial charge in [-0.2, -0.15) is 0 Å². The van der Waals surface area contributed by atoms with E-state index in [-0.39, 0.29) is 48.1 Å².